The van der Waals surface area contributed by atoms with Crippen LogP contribution in [0.15, 0.2) is 30.6 Å². The van der Waals surface area contributed by atoms with Gasteiger partial charge in [-0.05, 0) is 56.5 Å². The molecule has 0 aliphatic carbocycles. The molecule has 2 rings (SSSR count). The highest BCUT2D eigenvalue weighted by Crippen LogP contribution is 2.19. The monoisotopic (exact) mass is 287 g/mol. The first-order valence-corrected chi connectivity index (χ1v) is 7.37. The highest BCUT2D eigenvalue weighted by Gasteiger charge is 2.14. The van der Waals surface area contributed by atoms with Crippen molar-refractivity contribution in [2.75, 3.05) is 6.54 Å². The minimum Gasteiger partial charge on any atom is -0.308 e. The maximum atomic E-state index is 13.2. The van der Waals surface area contributed by atoms with E-state index in [0.717, 1.165) is 41.9 Å². The third-order valence-electron chi connectivity index (χ3n) is 3.53. The molecule has 1 heterocycles. The van der Waals surface area contributed by atoms with Crippen molar-refractivity contribution in [3.05, 3.63) is 58.9 Å². The molecule has 21 heavy (non-hydrogen) atoms. The first kappa shape index (κ1) is 15.6. The molecule has 0 fully saturated rings. The Labute approximate surface area is 125 Å². The van der Waals surface area contributed by atoms with Crippen molar-refractivity contribution in [1.29, 1.82) is 0 Å². The van der Waals surface area contributed by atoms with Crippen molar-refractivity contribution in [2.24, 2.45) is 0 Å². The first-order chi connectivity index (χ1) is 10.1. The van der Waals surface area contributed by atoms with Crippen LogP contribution in [0.25, 0.3) is 0 Å². The van der Waals surface area contributed by atoms with E-state index in [9.17, 15) is 4.39 Å². The van der Waals surface area contributed by atoms with Crippen molar-refractivity contribution in [3.8, 4) is 0 Å². The van der Waals surface area contributed by atoms with E-state index in [0.29, 0.717) is 0 Å². The summed E-state index contributed by atoms with van der Waals surface area (Å²) in [6.07, 6.45) is 5.44. The number of hydrogen-bond acceptors (Lipinski definition) is 3. The minimum atomic E-state index is -0.190. The van der Waals surface area contributed by atoms with Crippen LogP contribution in [-0.2, 0) is 6.42 Å². The molecule has 0 aliphatic heterocycles. The normalized spacial score (nSPS) is 12.4. The number of aryl methyl sites for hydroxylation is 2. The van der Waals surface area contributed by atoms with E-state index in [2.05, 4.69) is 22.2 Å². The van der Waals surface area contributed by atoms with Gasteiger partial charge in [0.1, 0.15) is 5.82 Å². The molecule has 0 bridgehead atoms. The van der Waals surface area contributed by atoms with Gasteiger partial charge in [0, 0.05) is 6.20 Å². The van der Waals surface area contributed by atoms with Crippen LogP contribution in [0.4, 0.5) is 4.39 Å². The number of nitrogens with one attached hydrogen (secondary N) is 1. The number of hydrogen-bond donors (Lipinski definition) is 1. The predicted octanol–water partition coefficient (Wildman–Crippen LogP) is 3.52. The van der Waals surface area contributed by atoms with Gasteiger partial charge in [-0.2, -0.15) is 0 Å². The largest absolute Gasteiger partial charge is 0.308 e. The second-order valence-electron chi connectivity index (χ2n) is 5.36. The van der Waals surface area contributed by atoms with E-state index < -0.39 is 0 Å². The van der Waals surface area contributed by atoms with Gasteiger partial charge in [-0.15, -0.1) is 0 Å². The lowest BCUT2D eigenvalue weighted by Crippen LogP contribution is -2.25. The Morgan fingerprint density at radius 1 is 1.19 bits per heavy atom. The molecule has 0 saturated heterocycles. The molecule has 1 atom stereocenters. The zero-order valence-corrected chi connectivity index (χ0v) is 12.9. The van der Waals surface area contributed by atoms with Crippen LogP contribution < -0.4 is 5.32 Å². The number of nitrogens with zero attached hydrogens (tertiary/aromatic N) is 2. The third kappa shape index (κ3) is 4.33. The summed E-state index contributed by atoms with van der Waals surface area (Å²) >= 11 is 0. The Bertz CT molecular complexity index is 581. The molecule has 4 heteroatoms. The van der Waals surface area contributed by atoms with E-state index >= 15 is 0 Å². The van der Waals surface area contributed by atoms with Crippen LogP contribution in [0.5, 0.6) is 0 Å². The average molecular weight is 287 g/mol. The fourth-order valence-corrected chi connectivity index (χ4v) is 2.29. The maximum Gasteiger partial charge on any atom is 0.123 e. The van der Waals surface area contributed by atoms with E-state index in [1.165, 1.54) is 6.07 Å². The summed E-state index contributed by atoms with van der Waals surface area (Å²) in [5.41, 5.74) is 3.94. The van der Waals surface area contributed by atoms with Crippen LogP contribution in [0.1, 0.15) is 41.9 Å². The standard InChI is InChI=1S/C17H22FN3/c1-4-7-19-16(17-11-20-13(3)10-21-17)9-14-5-6-15(18)8-12(14)2/h5-6,8,10-11,16,19H,4,7,9H2,1-3H3. The molecule has 3 nitrogen and oxygen atoms in total. The topological polar surface area (TPSA) is 37.8 Å². The van der Waals surface area contributed by atoms with Gasteiger partial charge in [-0.3, -0.25) is 9.97 Å². The molecule has 112 valence electrons. The Hall–Kier alpha value is -1.81. The molecule has 2 aromatic rings. The Kier molecular flexibility index (Phi) is 5.39. The first-order valence-electron chi connectivity index (χ1n) is 7.37. The van der Waals surface area contributed by atoms with Gasteiger partial charge in [0.05, 0.1) is 23.6 Å². The molecule has 1 unspecified atom stereocenters. The van der Waals surface area contributed by atoms with Gasteiger partial charge in [0.25, 0.3) is 0 Å². The Morgan fingerprint density at radius 3 is 2.62 bits per heavy atom. The van der Waals surface area contributed by atoms with Gasteiger partial charge >= 0.3 is 0 Å². The summed E-state index contributed by atoms with van der Waals surface area (Å²) < 4.78 is 13.2. The number of halogens is 1. The van der Waals surface area contributed by atoms with Crippen LogP contribution in [0, 0.1) is 19.7 Å². The fourth-order valence-electron chi connectivity index (χ4n) is 2.29. The highest BCUT2D eigenvalue weighted by molar-refractivity contribution is 5.28. The summed E-state index contributed by atoms with van der Waals surface area (Å²) in [4.78, 5) is 8.80. The summed E-state index contributed by atoms with van der Waals surface area (Å²) in [6.45, 7) is 6.92. The lowest BCUT2D eigenvalue weighted by Gasteiger charge is -2.19. The van der Waals surface area contributed by atoms with Gasteiger partial charge in [0.2, 0.25) is 0 Å². The quantitative estimate of drug-likeness (QED) is 0.883. The fraction of sp³-hybridized carbons (Fsp3) is 0.412. The van der Waals surface area contributed by atoms with Crippen molar-refractivity contribution >= 4 is 0 Å². The predicted molar refractivity (Wildman–Crippen MR) is 82.6 cm³/mol. The highest BCUT2D eigenvalue weighted by atomic mass is 19.1. The number of aromatic nitrogens is 2. The van der Waals surface area contributed by atoms with E-state index in [4.69, 9.17) is 0 Å². The van der Waals surface area contributed by atoms with E-state index in [1.54, 1.807) is 12.3 Å². The second-order valence-corrected chi connectivity index (χ2v) is 5.36. The van der Waals surface area contributed by atoms with Crippen LogP contribution in [0.2, 0.25) is 0 Å². The molecule has 0 saturated carbocycles. The van der Waals surface area contributed by atoms with Gasteiger partial charge in [-0.25, -0.2) is 4.39 Å². The molecule has 0 radical (unpaired) electrons. The molecule has 1 aromatic heterocycles. The lowest BCUT2D eigenvalue weighted by molar-refractivity contribution is 0.514. The molecule has 0 spiro atoms. The Balaban J connectivity index is 2.21. The van der Waals surface area contributed by atoms with Crippen molar-refractivity contribution in [3.63, 3.8) is 0 Å². The lowest BCUT2D eigenvalue weighted by atomic mass is 9.99. The SMILES string of the molecule is CCCNC(Cc1ccc(F)cc1C)c1cnc(C)cn1. The molecule has 0 amide bonds. The average Bonchev–Trinajstić information content (AvgIpc) is 2.46. The van der Waals surface area contributed by atoms with Crippen LogP contribution in [-0.4, -0.2) is 16.5 Å². The smallest absolute Gasteiger partial charge is 0.123 e. The summed E-state index contributed by atoms with van der Waals surface area (Å²) in [7, 11) is 0. The molecule has 0 aliphatic rings. The molecular weight excluding hydrogens is 265 g/mol. The van der Waals surface area contributed by atoms with Crippen molar-refractivity contribution < 1.29 is 4.39 Å². The maximum absolute atomic E-state index is 13.2. The number of benzene rings is 1. The van der Waals surface area contributed by atoms with Crippen molar-refractivity contribution in [1.82, 2.24) is 15.3 Å². The van der Waals surface area contributed by atoms with E-state index in [1.807, 2.05) is 26.1 Å². The molecular formula is C17H22FN3. The minimum absolute atomic E-state index is 0.0993. The number of rotatable bonds is 6. The van der Waals surface area contributed by atoms with Gasteiger partial charge < -0.3 is 5.32 Å². The van der Waals surface area contributed by atoms with Gasteiger partial charge in [0.15, 0.2) is 0 Å². The van der Waals surface area contributed by atoms with Crippen LogP contribution >= 0.6 is 0 Å². The van der Waals surface area contributed by atoms with Gasteiger partial charge in [-0.1, -0.05) is 13.0 Å². The summed E-state index contributed by atoms with van der Waals surface area (Å²) in [5.74, 6) is -0.190. The molecule has 1 aromatic carbocycles. The molecule has 1 N–H and O–H groups in total. The Morgan fingerprint density at radius 2 is 2.00 bits per heavy atom. The van der Waals surface area contributed by atoms with Crippen molar-refractivity contribution in [2.45, 2.75) is 39.7 Å². The zero-order valence-electron chi connectivity index (χ0n) is 12.9. The third-order valence-corrected chi connectivity index (χ3v) is 3.53. The zero-order chi connectivity index (χ0) is 15.2. The summed E-state index contributed by atoms with van der Waals surface area (Å²) in [5, 5.41) is 3.50. The van der Waals surface area contributed by atoms with Crippen LogP contribution in [0.3, 0.4) is 0 Å². The van der Waals surface area contributed by atoms with E-state index in [-0.39, 0.29) is 11.9 Å². The second kappa shape index (κ2) is 7.27. The summed E-state index contributed by atoms with van der Waals surface area (Å²) in [6, 6.07) is 5.04.